The lowest BCUT2D eigenvalue weighted by Crippen LogP contribution is -2.20. The zero-order valence-electron chi connectivity index (χ0n) is 11.2. The van der Waals surface area contributed by atoms with Gasteiger partial charge in [0.15, 0.2) is 0 Å². The zero-order valence-corrected chi connectivity index (χ0v) is 13.4. The van der Waals surface area contributed by atoms with Crippen molar-refractivity contribution in [1.82, 2.24) is 9.13 Å². The molecule has 0 saturated carbocycles. The molecule has 0 fully saturated rings. The Hall–Kier alpha value is -2.02. The highest BCUT2D eigenvalue weighted by atomic mass is 127. The molecular formula is C16H11IN2O2. The maximum Gasteiger partial charge on any atom is 0.335 e. The third-order valence-corrected chi connectivity index (χ3v) is 4.73. The Morgan fingerprint density at radius 1 is 1.00 bits per heavy atom. The molecule has 0 radical (unpaired) electrons. The van der Waals surface area contributed by atoms with Crippen LogP contribution in [0.5, 0.6) is 0 Å². The predicted molar refractivity (Wildman–Crippen MR) is 91.0 cm³/mol. The van der Waals surface area contributed by atoms with Gasteiger partial charge < -0.3 is 4.42 Å². The standard InChI is InChI=1S/C16H11IN2O2/c1-18-11-7-3-4-8-12(11)19(16(18)20)15-14(17)10-6-2-5-9-13(10)21-15/h2-9H,1H3. The molecule has 4 aromatic rings. The van der Waals surface area contributed by atoms with Crippen LogP contribution in [0, 0.1) is 3.57 Å². The third-order valence-electron chi connectivity index (χ3n) is 3.68. The summed E-state index contributed by atoms with van der Waals surface area (Å²) in [6.07, 6.45) is 0. The summed E-state index contributed by atoms with van der Waals surface area (Å²) in [7, 11) is 1.77. The molecule has 0 saturated heterocycles. The summed E-state index contributed by atoms with van der Waals surface area (Å²) in [6, 6.07) is 15.5. The number of nitrogens with zero attached hydrogens (tertiary/aromatic N) is 2. The average molecular weight is 390 g/mol. The summed E-state index contributed by atoms with van der Waals surface area (Å²) in [5.41, 5.74) is 2.42. The van der Waals surface area contributed by atoms with Crippen molar-refractivity contribution in [3.63, 3.8) is 0 Å². The Morgan fingerprint density at radius 3 is 2.43 bits per heavy atom. The first kappa shape index (κ1) is 12.7. The van der Waals surface area contributed by atoms with E-state index in [0.29, 0.717) is 5.88 Å². The Balaban J connectivity index is 2.17. The summed E-state index contributed by atoms with van der Waals surface area (Å²) in [5, 5.41) is 1.02. The summed E-state index contributed by atoms with van der Waals surface area (Å²) >= 11 is 2.23. The van der Waals surface area contributed by atoms with Gasteiger partial charge in [-0.05, 0) is 46.9 Å². The zero-order chi connectivity index (χ0) is 14.6. The van der Waals surface area contributed by atoms with Gasteiger partial charge in [0.05, 0.1) is 14.6 Å². The van der Waals surface area contributed by atoms with Crippen molar-refractivity contribution in [2.45, 2.75) is 0 Å². The Kier molecular flexibility index (Phi) is 2.72. The number of fused-ring (bicyclic) bond motifs is 2. The molecule has 0 unspecified atom stereocenters. The normalized spacial score (nSPS) is 11.5. The molecular weight excluding hydrogens is 379 g/mol. The number of halogens is 1. The fourth-order valence-corrected chi connectivity index (χ4v) is 3.43. The van der Waals surface area contributed by atoms with Crippen molar-refractivity contribution in [2.75, 3.05) is 0 Å². The van der Waals surface area contributed by atoms with Gasteiger partial charge in [-0.25, -0.2) is 9.36 Å². The molecule has 2 heterocycles. The molecule has 0 aliphatic carbocycles. The number of imidazole rings is 1. The van der Waals surface area contributed by atoms with E-state index >= 15 is 0 Å². The second-order valence-electron chi connectivity index (χ2n) is 4.88. The van der Waals surface area contributed by atoms with E-state index in [-0.39, 0.29) is 5.69 Å². The molecule has 5 heteroatoms. The van der Waals surface area contributed by atoms with E-state index in [1.165, 1.54) is 0 Å². The van der Waals surface area contributed by atoms with Gasteiger partial charge in [0.1, 0.15) is 5.58 Å². The van der Waals surface area contributed by atoms with Crippen molar-refractivity contribution in [1.29, 1.82) is 0 Å². The van der Waals surface area contributed by atoms with Crippen LogP contribution < -0.4 is 5.69 Å². The van der Waals surface area contributed by atoms with Crippen LogP contribution in [-0.2, 0) is 7.05 Å². The van der Waals surface area contributed by atoms with E-state index in [4.69, 9.17) is 4.42 Å². The van der Waals surface area contributed by atoms with E-state index in [1.54, 1.807) is 16.2 Å². The minimum absolute atomic E-state index is 0.104. The highest BCUT2D eigenvalue weighted by Gasteiger charge is 2.19. The molecule has 4 rings (SSSR count). The first-order chi connectivity index (χ1) is 10.2. The first-order valence-electron chi connectivity index (χ1n) is 6.52. The lowest BCUT2D eigenvalue weighted by molar-refractivity contribution is 0.573. The lowest BCUT2D eigenvalue weighted by Gasteiger charge is -1.99. The van der Waals surface area contributed by atoms with Gasteiger partial charge in [0.25, 0.3) is 0 Å². The van der Waals surface area contributed by atoms with E-state index in [2.05, 4.69) is 22.6 Å². The fraction of sp³-hybridized carbons (Fsp3) is 0.0625. The van der Waals surface area contributed by atoms with Crippen molar-refractivity contribution < 1.29 is 4.42 Å². The minimum Gasteiger partial charge on any atom is -0.438 e. The highest BCUT2D eigenvalue weighted by Crippen LogP contribution is 2.30. The van der Waals surface area contributed by atoms with Gasteiger partial charge in [-0.15, -0.1) is 0 Å². The molecule has 4 nitrogen and oxygen atoms in total. The number of furan rings is 1. The molecule has 0 amide bonds. The van der Waals surface area contributed by atoms with Gasteiger partial charge in [-0.1, -0.05) is 24.3 Å². The van der Waals surface area contributed by atoms with Crippen LogP contribution in [0.25, 0.3) is 27.9 Å². The molecule has 0 aliphatic heterocycles. The van der Waals surface area contributed by atoms with Gasteiger partial charge >= 0.3 is 5.69 Å². The quantitative estimate of drug-likeness (QED) is 0.466. The maximum atomic E-state index is 12.6. The van der Waals surface area contributed by atoms with Crippen LogP contribution in [-0.4, -0.2) is 9.13 Å². The van der Waals surface area contributed by atoms with Crippen LogP contribution in [0.1, 0.15) is 0 Å². The number of rotatable bonds is 1. The summed E-state index contributed by atoms with van der Waals surface area (Å²) in [6.45, 7) is 0. The Morgan fingerprint density at radius 2 is 1.67 bits per heavy atom. The highest BCUT2D eigenvalue weighted by molar-refractivity contribution is 14.1. The Bertz CT molecular complexity index is 1040. The van der Waals surface area contributed by atoms with Crippen LogP contribution >= 0.6 is 22.6 Å². The summed E-state index contributed by atoms with van der Waals surface area (Å²) < 4.78 is 10.1. The van der Waals surface area contributed by atoms with Crippen LogP contribution in [0.3, 0.4) is 0 Å². The van der Waals surface area contributed by atoms with Crippen molar-refractivity contribution >= 4 is 44.6 Å². The second kappa shape index (κ2) is 4.49. The van der Waals surface area contributed by atoms with Gasteiger partial charge in [-0.3, -0.25) is 4.57 Å². The van der Waals surface area contributed by atoms with Crippen molar-refractivity contribution in [2.24, 2.45) is 7.05 Å². The number of hydrogen-bond donors (Lipinski definition) is 0. The van der Waals surface area contributed by atoms with E-state index in [9.17, 15) is 4.79 Å². The molecule has 21 heavy (non-hydrogen) atoms. The van der Waals surface area contributed by atoms with Gasteiger partial charge in [-0.2, -0.15) is 0 Å². The summed E-state index contributed by atoms with van der Waals surface area (Å²) in [4.78, 5) is 12.6. The molecule has 104 valence electrons. The topological polar surface area (TPSA) is 40.1 Å². The van der Waals surface area contributed by atoms with E-state index in [1.807, 2.05) is 48.5 Å². The molecule has 0 N–H and O–H groups in total. The predicted octanol–water partition coefficient (Wildman–Crippen LogP) is 3.68. The van der Waals surface area contributed by atoms with Crippen LogP contribution in [0.2, 0.25) is 0 Å². The molecule has 0 aliphatic rings. The van der Waals surface area contributed by atoms with Crippen LogP contribution in [0.4, 0.5) is 0 Å². The van der Waals surface area contributed by atoms with Crippen LogP contribution in [0.15, 0.2) is 57.7 Å². The fourth-order valence-electron chi connectivity index (χ4n) is 2.63. The average Bonchev–Trinajstić information content (AvgIpc) is 2.96. The minimum atomic E-state index is -0.104. The Labute approximate surface area is 133 Å². The number of para-hydroxylation sites is 3. The molecule has 0 spiro atoms. The lowest BCUT2D eigenvalue weighted by atomic mass is 10.2. The van der Waals surface area contributed by atoms with Crippen molar-refractivity contribution in [3.8, 4) is 5.88 Å². The second-order valence-corrected chi connectivity index (χ2v) is 5.96. The summed E-state index contributed by atoms with van der Waals surface area (Å²) in [5.74, 6) is 0.582. The maximum absolute atomic E-state index is 12.6. The number of aromatic nitrogens is 2. The van der Waals surface area contributed by atoms with Gasteiger partial charge in [0, 0.05) is 12.4 Å². The van der Waals surface area contributed by atoms with E-state index < -0.39 is 0 Å². The SMILES string of the molecule is Cn1c(=O)n(-c2oc3ccccc3c2I)c2ccccc21. The smallest absolute Gasteiger partial charge is 0.335 e. The molecule has 2 aromatic carbocycles. The molecule has 2 aromatic heterocycles. The van der Waals surface area contributed by atoms with E-state index in [0.717, 1.165) is 25.6 Å². The number of benzene rings is 2. The molecule has 0 atom stereocenters. The molecule has 0 bridgehead atoms. The first-order valence-corrected chi connectivity index (χ1v) is 7.60. The largest absolute Gasteiger partial charge is 0.438 e. The number of aryl methyl sites for hydroxylation is 1. The van der Waals surface area contributed by atoms with Gasteiger partial charge in [0.2, 0.25) is 5.88 Å². The van der Waals surface area contributed by atoms with Crippen molar-refractivity contribution in [3.05, 3.63) is 62.6 Å². The number of hydrogen-bond acceptors (Lipinski definition) is 2. The third kappa shape index (κ3) is 1.70. The monoisotopic (exact) mass is 390 g/mol.